The van der Waals surface area contributed by atoms with Gasteiger partial charge < -0.3 is 4.74 Å². The van der Waals surface area contributed by atoms with Gasteiger partial charge >= 0.3 is 0 Å². The first-order chi connectivity index (χ1) is 15.4. The Kier molecular flexibility index (Phi) is 5.92. The van der Waals surface area contributed by atoms with Gasteiger partial charge in [-0.3, -0.25) is 14.9 Å². The number of hydrogen-bond donors (Lipinski definition) is 0. The van der Waals surface area contributed by atoms with Crippen LogP contribution in [0.15, 0.2) is 90.0 Å². The zero-order valence-corrected chi connectivity index (χ0v) is 18.0. The maximum atomic E-state index is 13.4. The van der Waals surface area contributed by atoms with Crippen LogP contribution < -0.4 is 9.75 Å². The lowest BCUT2D eigenvalue weighted by Gasteiger charge is -2.28. The normalized spacial score (nSPS) is 18.9. The fourth-order valence-corrected chi connectivity index (χ4v) is 4.06. The number of hydrazone groups is 1. The second kappa shape index (κ2) is 8.80. The number of ether oxygens (including phenoxy) is 1. The van der Waals surface area contributed by atoms with E-state index in [0.29, 0.717) is 28.5 Å². The van der Waals surface area contributed by atoms with Gasteiger partial charge in [0.25, 0.3) is 5.91 Å². The number of carbonyl (C=O) groups is 1. The van der Waals surface area contributed by atoms with Crippen molar-refractivity contribution in [1.29, 1.82) is 0 Å². The average Bonchev–Trinajstić information content (AvgIpc) is 3.03. The average molecular weight is 450 g/mol. The summed E-state index contributed by atoms with van der Waals surface area (Å²) in [5.41, 5.74) is 1.36. The summed E-state index contributed by atoms with van der Waals surface area (Å²) in [4.78, 5) is 22.8. The van der Waals surface area contributed by atoms with Crippen LogP contribution in [0.2, 0.25) is 0 Å². The number of para-hydroxylation sites is 2. The summed E-state index contributed by atoms with van der Waals surface area (Å²) in [5, 5.41) is 17.1. The van der Waals surface area contributed by atoms with Gasteiger partial charge in [-0.1, -0.05) is 48.5 Å². The van der Waals surface area contributed by atoms with E-state index in [9.17, 15) is 14.9 Å². The van der Waals surface area contributed by atoms with Crippen LogP contribution in [-0.2, 0) is 4.79 Å². The molecule has 1 heterocycles. The van der Waals surface area contributed by atoms with Crippen molar-refractivity contribution in [3.05, 3.63) is 101 Å². The Balaban J connectivity index is 1.71. The van der Waals surface area contributed by atoms with Gasteiger partial charge in [0, 0.05) is 4.92 Å². The van der Waals surface area contributed by atoms with Crippen LogP contribution in [0.1, 0.15) is 18.4 Å². The molecule has 1 aliphatic heterocycles. The lowest BCUT2D eigenvalue weighted by molar-refractivity contribution is -0.483. The molecule has 3 aromatic rings. The van der Waals surface area contributed by atoms with Gasteiger partial charge in [0.1, 0.15) is 11.5 Å². The van der Waals surface area contributed by atoms with Gasteiger partial charge in [-0.05, 0) is 48.9 Å². The van der Waals surface area contributed by atoms with Crippen LogP contribution in [0.5, 0.6) is 11.5 Å². The molecule has 7 nitrogen and oxygen atoms in total. The highest BCUT2D eigenvalue weighted by Crippen LogP contribution is 2.43. The molecule has 162 valence electrons. The van der Waals surface area contributed by atoms with Crippen LogP contribution in [0.3, 0.4) is 0 Å². The first-order valence-corrected chi connectivity index (χ1v) is 10.4. The number of nitrogens with zero attached hydrogens (tertiary/aromatic N) is 3. The van der Waals surface area contributed by atoms with E-state index in [-0.39, 0.29) is 0 Å². The van der Waals surface area contributed by atoms with Crippen molar-refractivity contribution >= 4 is 28.9 Å². The van der Waals surface area contributed by atoms with Gasteiger partial charge in [-0.2, -0.15) is 10.1 Å². The summed E-state index contributed by atoms with van der Waals surface area (Å²) < 4.78 is 5.88. The molecule has 0 fully saturated rings. The zero-order chi connectivity index (χ0) is 22.7. The third kappa shape index (κ3) is 4.07. The molecule has 0 aliphatic carbocycles. The lowest BCUT2D eigenvalue weighted by Crippen LogP contribution is -2.48. The maximum Gasteiger partial charge on any atom is 0.275 e. The van der Waals surface area contributed by atoms with Crippen LogP contribution in [0.4, 0.5) is 5.69 Å². The first kappa shape index (κ1) is 21.5. The number of hydrogen-bond acceptors (Lipinski definition) is 5. The van der Waals surface area contributed by atoms with Gasteiger partial charge in [-0.25, -0.2) is 0 Å². The topological polar surface area (TPSA) is 85.0 Å². The van der Waals surface area contributed by atoms with Crippen molar-refractivity contribution in [2.75, 3.05) is 11.6 Å². The van der Waals surface area contributed by atoms with Crippen molar-refractivity contribution in [3.63, 3.8) is 0 Å². The number of rotatable bonds is 7. The Morgan fingerprint density at radius 1 is 1.03 bits per heavy atom. The molecule has 8 heteroatoms. The molecule has 1 amide bonds. The minimum absolute atomic E-state index is 0.300. The van der Waals surface area contributed by atoms with Gasteiger partial charge in [0.05, 0.1) is 17.3 Å². The highest BCUT2D eigenvalue weighted by Gasteiger charge is 2.56. The van der Waals surface area contributed by atoms with Crippen molar-refractivity contribution in [2.45, 2.75) is 17.7 Å². The van der Waals surface area contributed by atoms with Gasteiger partial charge in [0.15, 0.2) is 4.87 Å². The Morgan fingerprint density at radius 3 is 2.31 bits per heavy atom. The summed E-state index contributed by atoms with van der Waals surface area (Å²) in [6, 6.07) is 24.9. The smallest absolute Gasteiger partial charge is 0.275 e. The quantitative estimate of drug-likeness (QED) is 0.280. The molecule has 0 bridgehead atoms. The van der Waals surface area contributed by atoms with Crippen LogP contribution in [0.25, 0.3) is 0 Å². The molecule has 0 radical (unpaired) electrons. The van der Waals surface area contributed by atoms with Gasteiger partial charge in [0.2, 0.25) is 6.54 Å². The number of amides is 1. The number of carbonyl (C=O) groups excluding carboxylic acids is 1. The Hall–Kier alpha value is -3.71. The second-order valence-corrected chi connectivity index (χ2v) is 8.00. The van der Waals surface area contributed by atoms with Crippen molar-refractivity contribution in [3.8, 4) is 11.5 Å². The first-order valence-electron chi connectivity index (χ1n) is 9.98. The van der Waals surface area contributed by atoms with Crippen molar-refractivity contribution < 1.29 is 14.5 Å². The number of alkyl halides is 1. The van der Waals surface area contributed by atoms with E-state index in [1.165, 1.54) is 5.01 Å². The molecule has 0 N–H and O–H groups in total. The predicted octanol–water partition coefficient (Wildman–Crippen LogP) is 5.24. The van der Waals surface area contributed by atoms with Crippen molar-refractivity contribution in [1.82, 2.24) is 0 Å². The van der Waals surface area contributed by atoms with E-state index in [1.54, 1.807) is 67.6 Å². The molecule has 0 spiro atoms. The second-order valence-electron chi connectivity index (χ2n) is 7.41. The molecule has 0 saturated carbocycles. The maximum absolute atomic E-state index is 13.4. The monoisotopic (exact) mass is 449 g/mol. The molecule has 0 aromatic heterocycles. The third-order valence-corrected chi connectivity index (χ3v) is 6.03. The van der Waals surface area contributed by atoms with E-state index in [1.807, 2.05) is 24.3 Å². The molecular formula is C24H20ClN3O4. The largest absolute Gasteiger partial charge is 0.457 e. The fraction of sp³-hybridized carbons (Fsp3) is 0.167. The van der Waals surface area contributed by atoms with Crippen LogP contribution in [0, 0.1) is 10.1 Å². The summed E-state index contributed by atoms with van der Waals surface area (Å²) in [7, 11) is 0. The van der Waals surface area contributed by atoms with E-state index in [2.05, 4.69) is 5.10 Å². The highest BCUT2D eigenvalue weighted by atomic mass is 35.5. The molecule has 32 heavy (non-hydrogen) atoms. The van der Waals surface area contributed by atoms with Gasteiger partial charge in [-0.15, -0.1) is 11.6 Å². The summed E-state index contributed by atoms with van der Waals surface area (Å²) >= 11 is 6.91. The molecule has 1 aliphatic rings. The standard InChI is InChI=1S/C24H20ClN3O4/c1-17-24(25,23(29)28(26-17)19-10-4-2-5-11-19)22(16-27(30)31)18-9-8-14-21(15-18)32-20-12-6-3-7-13-20/h2-15,22H,16H2,1H3. The Bertz CT molecular complexity index is 1170. The number of nitro groups is 1. The Morgan fingerprint density at radius 2 is 1.66 bits per heavy atom. The number of anilines is 1. The minimum Gasteiger partial charge on any atom is -0.457 e. The molecule has 0 saturated heterocycles. The molecule has 4 rings (SSSR count). The summed E-state index contributed by atoms with van der Waals surface area (Å²) in [6.07, 6.45) is 0. The number of benzene rings is 3. The molecule has 3 aromatic carbocycles. The van der Waals surface area contributed by atoms with Crippen molar-refractivity contribution in [2.24, 2.45) is 5.10 Å². The molecular weight excluding hydrogens is 430 g/mol. The predicted molar refractivity (Wildman–Crippen MR) is 123 cm³/mol. The van der Waals surface area contributed by atoms with E-state index in [4.69, 9.17) is 16.3 Å². The lowest BCUT2D eigenvalue weighted by atomic mass is 9.82. The van der Waals surface area contributed by atoms with Crippen LogP contribution in [-0.4, -0.2) is 28.0 Å². The minimum atomic E-state index is -1.70. The zero-order valence-electron chi connectivity index (χ0n) is 17.2. The third-order valence-electron chi connectivity index (χ3n) is 5.33. The Labute approximate surface area is 190 Å². The van der Waals surface area contributed by atoms with E-state index < -0.39 is 28.2 Å². The molecule has 2 unspecified atom stereocenters. The number of halogens is 1. The SMILES string of the molecule is CC1=NN(c2ccccc2)C(=O)C1(Cl)C(C[N+](=O)[O-])c1cccc(Oc2ccccc2)c1. The highest BCUT2D eigenvalue weighted by molar-refractivity contribution is 6.51. The fourth-order valence-electron chi connectivity index (χ4n) is 3.75. The molecule has 2 atom stereocenters. The van der Waals surface area contributed by atoms with E-state index >= 15 is 0 Å². The summed E-state index contributed by atoms with van der Waals surface area (Å²) in [6.45, 7) is 1.07. The van der Waals surface area contributed by atoms with Crippen LogP contribution >= 0.6 is 11.6 Å². The van der Waals surface area contributed by atoms with E-state index in [0.717, 1.165) is 0 Å². The summed E-state index contributed by atoms with van der Waals surface area (Å²) in [5.74, 6) is -0.365.